The highest BCUT2D eigenvalue weighted by molar-refractivity contribution is 7.19. The molecular weight excluding hydrogens is 218 g/mol. The van der Waals surface area contributed by atoms with Crippen LogP contribution in [0, 0.1) is 12.8 Å². The molecule has 0 saturated heterocycles. The third-order valence-corrected chi connectivity index (χ3v) is 4.48. The van der Waals surface area contributed by atoms with E-state index in [1.54, 1.807) is 11.3 Å². The Bertz CT molecular complexity index is 559. The average molecular weight is 233 g/mol. The van der Waals surface area contributed by atoms with Crippen molar-refractivity contribution in [3.63, 3.8) is 0 Å². The molecule has 0 saturated carbocycles. The molecule has 0 aromatic carbocycles. The minimum Gasteiger partial charge on any atom is -0.383 e. The van der Waals surface area contributed by atoms with Crippen LogP contribution in [0.1, 0.15) is 29.6 Å². The molecule has 1 unspecified atom stereocenters. The number of nitrogens with two attached hydrogens (primary N) is 1. The monoisotopic (exact) mass is 233 g/mol. The molecule has 1 atom stereocenters. The highest BCUT2D eigenvalue weighted by Gasteiger charge is 2.22. The lowest BCUT2D eigenvalue weighted by Gasteiger charge is -2.18. The molecule has 2 aromatic heterocycles. The van der Waals surface area contributed by atoms with E-state index in [2.05, 4.69) is 16.9 Å². The molecule has 1 aliphatic rings. The Balaban J connectivity index is 2.30. The lowest BCUT2D eigenvalue weighted by atomic mass is 9.89. The van der Waals surface area contributed by atoms with Crippen LogP contribution in [0.15, 0.2) is 0 Å². The number of aryl methyl sites for hydroxylation is 2. The SMILES string of the molecule is Cc1nc(N)c2c3c(sc2n1)CCC(C)C3. The molecule has 0 aliphatic heterocycles. The fraction of sp³-hybridized carbons (Fsp3) is 0.500. The van der Waals surface area contributed by atoms with Crippen molar-refractivity contribution >= 4 is 27.4 Å². The van der Waals surface area contributed by atoms with Gasteiger partial charge in [-0.2, -0.15) is 0 Å². The van der Waals surface area contributed by atoms with Gasteiger partial charge in [-0.15, -0.1) is 11.3 Å². The summed E-state index contributed by atoms with van der Waals surface area (Å²) in [5, 5.41) is 1.12. The maximum Gasteiger partial charge on any atom is 0.136 e. The van der Waals surface area contributed by atoms with Gasteiger partial charge in [0.15, 0.2) is 0 Å². The van der Waals surface area contributed by atoms with Crippen molar-refractivity contribution in [2.75, 3.05) is 5.73 Å². The Morgan fingerprint density at radius 1 is 1.38 bits per heavy atom. The predicted octanol–water partition coefficient (Wildman–Crippen LogP) is 2.71. The lowest BCUT2D eigenvalue weighted by molar-refractivity contribution is 0.508. The van der Waals surface area contributed by atoms with Crippen LogP contribution in [0.4, 0.5) is 5.82 Å². The maximum atomic E-state index is 6.03. The quantitative estimate of drug-likeness (QED) is 0.761. The summed E-state index contributed by atoms with van der Waals surface area (Å²) in [5.41, 5.74) is 7.44. The molecule has 2 N–H and O–H groups in total. The van der Waals surface area contributed by atoms with Crippen LogP contribution in [0.3, 0.4) is 0 Å². The molecule has 0 fully saturated rings. The number of hydrogen-bond donors (Lipinski definition) is 1. The van der Waals surface area contributed by atoms with Gasteiger partial charge in [0.1, 0.15) is 16.5 Å². The number of hydrogen-bond acceptors (Lipinski definition) is 4. The van der Waals surface area contributed by atoms with Gasteiger partial charge in [-0.1, -0.05) is 6.92 Å². The van der Waals surface area contributed by atoms with Gasteiger partial charge in [-0.3, -0.25) is 0 Å². The molecule has 0 spiro atoms. The van der Waals surface area contributed by atoms with Crippen LogP contribution in [-0.2, 0) is 12.8 Å². The smallest absolute Gasteiger partial charge is 0.136 e. The predicted molar refractivity (Wildman–Crippen MR) is 67.8 cm³/mol. The van der Waals surface area contributed by atoms with Crippen LogP contribution >= 0.6 is 11.3 Å². The van der Waals surface area contributed by atoms with Crippen molar-refractivity contribution in [2.24, 2.45) is 5.92 Å². The van der Waals surface area contributed by atoms with E-state index in [9.17, 15) is 0 Å². The summed E-state index contributed by atoms with van der Waals surface area (Å²) in [6, 6.07) is 0. The summed E-state index contributed by atoms with van der Waals surface area (Å²) in [4.78, 5) is 11.3. The van der Waals surface area contributed by atoms with E-state index in [0.717, 1.165) is 28.4 Å². The molecule has 2 aromatic rings. The second kappa shape index (κ2) is 3.42. The summed E-state index contributed by atoms with van der Waals surface area (Å²) >= 11 is 1.80. The van der Waals surface area contributed by atoms with E-state index in [-0.39, 0.29) is 0 Å². The first-order chi connectivity index (χ1) is 7.65. The zero-order chi connectivity index (χ0) is 11.3. The molecule has 3 nitrogen and oxygen atoms in total. The van der Waals surface area contributed by atoms with Crippen LogP contribution < -0.4 is 5.73 Å². The first-order valence-corrected chi connectivity index (χ1v) is 6.51. The minimum atomic E-state index is 0.661. The van der Waals surface area contributed by atoms with Crippen LogP contribution in [0.2, 0.25) is 0 Å². The molecule has 3 rings (SSSR count). The van der Waals surface area contributed by atoms with E-state index >= 15 is 0 Å². The van der Waals surface area contributed by atoms with Crippen molar-refractivity contribution in [3.05, 3.63) is 16.3 Å². The Hall–Kier alpha value is -1.16. The van der Waals surface area contributed by atoms with Gasteiger partial charge < -0.3 is 5.73 Å². The molecule has 4 heteroatoms. The molecular formula is C12H15N3S. The Labute approximate surface area is 98.7 Å². The van der Waals surface area contributed by atoms with Gasteiger partial charge in [0.25, 0.3) is 0 Å². The first kappa shape index (κ1) is 10.0. The van der Waals surface area contributed by atoms with Crippen molar-refractivity contribution in [2.45, 2.75) is 33.1 Å². The number of thiophene rings is 1. The normalized spacial score (nSPS) is 20.0. The molecule has 16 heavy (non-hydrogen) atoms. The molecule has 0 bridgehead atoms. The van der Waals surface area contributed by atoms with Gasteiger partial charge in [0.05, 0.1) is 5.39 Å². The fourth-order valence-electron chi connectivity index (χ4n) is 2.49. The largest absolute Gasteiger partial charge is 0.383 e. The highest BCUT2D eigenvalue weighted by Crippen LogP contribution is 2.39. The summed E-state index contributed by atoms with van der Waals surface area (Å²) in [7, 11) is 0. The summed E-state index contributed by atoms with van der Waals surface area (Å²) in [6.45, 7) is 4.20. The number of aromatic nitrogens is 2. The van der Waals surface area contributed by atoms with Crippen LogP contribution in [0.5, 0.6) is 0 Å². The lowest BCUT2D eigenvalue weighted by Crippen LogP contribution is -2.09. The standard InChI is InChI=1S/C12H15N3S/c1-6-3-4-9-8(5-6)10-11(13)14-7(2)15-12(10)16-9/h6H,3-5H2,1-2H3,(H2,13,14,15). The maximum absolute atomic E-state index is 6.03. The topological polar surface area (TPSA) is 51.8 Å². The number of fused-ring (bicyclic) bond motifs is 3. The van der Waals surface area contributed by atoms with Crippen LogP contribution in [-0.4, -0.2) is 9.97 Å². The van der Waals surface area contributed by atoms with E-state index in [1.807, 2.05) is 6.92 Å². The Kier molecular flexibility index (Phi) is 2.14. The first-order valence-electron chi connectivity index (χ1n) is 5.69. The highest BCUT2D eigenvalue weighted by atomic mass is 32.1. The Morgan fingerprint density at radius 3 is 3.00 bits per heavy atom. The average Bonchev–Trinajstić information content (AvgIpc) is 2.54. The molecule has 0 radical (unpaired) electrons. The van der Waals surface area contributed by atoms with Crippen LogP contribution in [0.25, 0.3) is 10.2 Å². The van der Waals surface area contributed by atoms with E-state index in [4.69, 9.17) is 5.73 Å². The van der Waals surface area contributed by atoms with Crippen molar-refractivity contribution in [3.8, 4) is 0 Å². The summed E-state index contributed by atoms with van der Waals surface area (Å²) < 4.78 is 0. The number of anilines is 1. The van der Waals surface area contributed by atoms with E-state index in [0.29, 0.717) is 5.82 Å². The van der Waals surface area contributed by atoms with Crippen molar-refractivity contribution in [1.82, 2.24) is 9.97 Å². The van der Waals surface area contributed by atoms with Gasteiger partial charge in [0, 0.05) is 4.88 Å². The molecule has 0 amide bonds. The van der Waals surface area contributed by atoms with Gasteiger partial charge in [0.2, 0.25) is 0 Å². The molecule has 2 heterocycles. The molecule has 84 valence electrons. The van der Waals surface area contributed by atoms with Gasteiger partial charge in [-0.25, -0.2) is 9.97 Å². The van der Waals surface area contributed by atoms with Crippen molar-refractivity contribution in [1.29, 1.82) is 0 Å². The number of rotatable bonds is 0. The fourth-order valence-corrected chi connectivity index (χ4v) is 3.76. The number of nitrogen functional groups attached to an aromatic ring is 1. The zero-order valence-corrected chi connectivity index (χ0v) is 10.4. The second-order valence-corrected chi connectivity index (χ2v) is 5.77. The minimum absolute atomic E-state index is 0.661. The van der Waals surface area contributed by atoms with Crippen molar-refractivity contribution < 1.29 is 0 Å². The van der Waals surface area contributed by atoms with Gasteiger partial charge in [-0.05, 0) is 37.7 Å². The second-order valence-electron chi connectivity index (χ2n) is 4.69. The third kappa shape index (κ3) is 1.40. The summed E-state index contributed by atoms with van der Waals surface area (Å²) in [5.74, 6) is 2.19. The van der Waals surface area contributed by atoms with Gasteiger partial charge >= 0.3 is 0 Å². The number of nitrogens with zero attached hydrogens (tertiary/aromatic N) is 2. The van der Waals surface area contributed by atoms with E-state index < -0.39 is 0 Å². The third-order valence-electron chi connectivity index (χ3n) is 3.29. The Morgan fingerprint density at radius 2 is 2.19 bits per heavy atom. The van der Waals surface area contributed by atoms with E-state index in [1.165, 1.54) is 23.3 Å². The molecule has 1 aliphatic carbocycles. The zero-order valence-electron chi connectivity index (χ0n) is 9.58. The summed E-state index contributed by atoms with van der Waals surface area (Å²) in [6.07, 6.45) is 3.59.